The lowest BCUT2D eigenvalue weighted by Crippen LogP contribution is -2.36. The van der Waals surface area contributed by atoms with Crippen molar-refractivity contribution in [2.75, 3.05) is 18.9 Å². The number of benzene rings is 1. The molecule has 0 bridgehead atoms. The number of hydrogen-bond acceptors (Lipinski definition) is 11. The minimum Gasteiger partial charge on any atom is -0.476 e. The smallest absolute Gasteiger partial charge is 0.459 e. The zero-order chi connectivity index (χ0) is 29.1. The third-order valence-corrected chi connectivity index (χ3v) is 7.50. The quantitative estimate of drug-likeness (QED) is 0.235. The maximum absolute atomic E-state index is 15.9. The van der Waals surface area contributed by atoms with E-state index in [4.69, 9.17) is 29.0 Å². The first kappa shape index (κ1) is 29.7. The number of nitrogens with zero attached hydrogens (tertiary/aromatic N) is 4. The van der Waals surface area contributed by atoms with Gasteiger partial charge in [0.1, 0.15) is 11.8 Å². The molecule has 2 aromatic heterocycles. The molecule has 1 unspecified atom stereocenters. The van der Waals surface area contributed by atoms with E-state index in [9.17, 15) is 9.36 Å². The molecule has 4 rings (SSSR count). The van der Waals surface area contributed by atoms with E-state index < -0.39 is 37.8 Å². The predicted molar refractivity (Wildman–Crippen MR) is 143 cm³/mol. The van der Waals surface area contributed by atoms with Gasteiger partial charge in [0.05, 0.1) is 31.7 Å². The summed E-state index contributed by atoms with van der Waals surface area (Å²) in [6.07, 6.45) is -1.10. The highest BCUT2D eigenvalue weighted by molar-refractivity contribution is 7.52. The second kappa shape index (κ2) is 12.0. The molecule has 1 aromatic carbocycles. The van der Waals surface area contributed by atoms with Crippen molar-refractivity contribution in [3.05, 3.63) is 36.7 Å². The number of hydrogen-bond donors (Lipinski definition) is 2. The Balaban J connectivity index is 1.52. The number of carbonyl (C=O) groups excluding carboxylic acids is 1. The van der Waals surface area contributed by atoms with Crippen molar-refractivity contribution < 1.29 is 37.0 Å². The Bertz CT molecular complexity index is 1370. The topological polar surface area (TPSA) is 162 Å². The van der Waals surface area contributed by atoms with Gasteiger partial charge in [-0.25, -0.2) is 13.9 Å². The highest BCUT2D eigenvalue weighted by Crippen LogP contribution is 2.48. The third-order valence-electron chi connectivity index (χ3n) is 5.86. The number of para-hydroxylation sites is 1. The highest BCUT2D eigenvalue weighted by atomic mass is 31.2. The van der Waals surface area contributed by atoms with Gasteiger partial charge in [0, 0.05) is 6.42 Å². The van der Waals surface area contributed by atoms with Crippen molar-refractivity contribution in [2.24, 2.45) is 0 Å². The van der Waals surface area contributed by atoms with Crippen LogP contribution in [0.1, 0.15) is 47.3 Å². The molecule has 13 nitrogen and oxygen atoms in total. The number of nitrogen functional groups attached to an aromatic ring is 1. The molecule has 3 heterocycles. The van der Waals surface area contributed by atoms with Crippen LogP contribution in [0.15, 0.2) is 36.7 Å². The normalized spacial score (nSPS) is 23.2. The molecule has 1 fully saturated rings. The molecule has 1 aliphatic rings. The molecule has 0 spiro atoms. The van der Waals surface area contributed by atoms with Gasteiger partial charge in [-0.3, -0.25) is 13.9 Å². The molecule has 0 saturated carbocycles. The minimum atomic E-state index is -4.15. The fourth-order valence-corrected chi connectivity index (χ4v) is 5.72. The Morgan fingerprint density at radius 1 is 1.30 bits per heavy atom. The van der Waals surface area contributed by atoms with Crippen LogP contribution in [0, 0.1) is 0 Å². The van der Waals surface area contributed by atoms with Gasteiger partial charge in [-0.1, -0.05) is 18.2 Å². The van der Waals surface area contributed by atoms with Gasteiger partial charge >= 0.3 is 13.7 Å². The number of halogens is 1. The van der Waals surface area contributed by atoms with Crippen LogP contribution in [0.25, 0.3) is 11.2 Å². The Kier molecular flexibility index (Phi) is 8.93. The lowest BCUT2D eigenvalue weighted by molar-refractivity contribution is -0.149. The maximum atomic E-state index is 15.9. The zero-order valence-corrected chi connectivity index (χ0v) is 23.8. The molecule has 3 N–H and O–H groups in total. The Hall–Kier alpha value is -3.32. The molecule has 1 aliphatic heterocycles. The van der Waals surface area contributed by atoms with Crippen molar-refractivity contribution >= 4 is 30.8 Å². The van der Waals surface area contributed by atoms with Crippen molar-refractivity contribution in [3.63, 3.8) is 0 Å². The maximum Gasteiger partial charge on any atom is 0.459 e. The monoisotopic (exact) mass is 580 g/mol. The van der Waals surface area contributed by atoms with Gasteiger partial charge in [-0.2, -0.15) is 15.1 Å². The first-order valence-corrected chi connectivity index (χ1v) is 14.4. The average molecular weight is 581 g/mol. The molecule has 218 valence electrons. The van der Waals surface area contributed by atoms with E-state index in [2.05, 4.69) is 20.0 Å². The number of imidazole rings is 1. The van der Waals surface area contributed by atoms with Crippen LogP contribution >= 0.6 is 7.75 Å². The van der Waals surface area contributed by atoms with Crippen molar-refractivity contribution in [3.8, 4) is 11.6 Å². The summed E-state index contributed by atoms with van der Waals surface area (Å²) in [7, 11) is -4.15. The molecular weight excluding hydrogens is 546 g/mol. The van der Waals surface area contributed by atoms with Crippen LogP contribution in [-0.2, 0) is 23.4 Å². The summed E-state index contributed by atoms with van der Waals surface area (Å²) in [5.74, 6) is -0.275. The molecule has 15 heteroatoms. The Labute approximate surface area is 231 Å². The predicted octanol–water partition coefficient (Wildman–Crippen LogP) is 3.96. The van der Waals surface area contributed by atoms with E-state index >= 15 is 4.39 Å². The number of fused-ring (bicyclic) bond motifs is 1. The van der Waals surface area contributed by atoms with Crippen LogP contribution in [0.3, 0.4) is 0 Å². The lowest BCUT2D eigenvalue weighted by atomic mass is 10.0. The molecule has 0 radical (unpaired) electrons. The largest absolute Gasteiger partial charge is 0.476 e. The number of anilines is 1. The first-order chi connectivity index (χ1) is 18.9. The summed E-state index contributed by atoms with van der Waals surface area (Å²) in [6.45, 7) is 8.05. The Morgan fingerprint density at radius 3 is 2.70 bits per heavy atom. The number of alkyl halides is 1. The highest BCUT2D eigenvalue weighted by Gasteiger charge is 2.48. The van der Waals surface area contributed by atoms with Gasteiger partial charge < -0.3 is 24.5 Å². The van der Waals surface area contributed by atoms with Crippen LogP contribution in [0.4, 0.5) is 10.3 Å². The van der Waals surface area contributed by atoms with E-state index in [0.29, 0.717) is 12.1 Å². The lowest BCUT2D eigenvalue weighted by Gasteiger charge is -2.24. The molecule has 1 saturated heterocycles. The summed E-state index contributed by atoms with van der Waals surface area (Å²) in [5, 5.41) is 2.61. The van der Waals surface area contributed by atoms with Gasteiger partial charge in [-0.05, 0) is 46.8 Å². The number of carbonyl (C=O) groups is 1. The van der Waals surface area contributed by atoms with E-state index in [1.54, 1.807) is 51.1 Å². The van der Waals surface area contributed by atoms with E-state index in [-0.39, 0.29) is 42.4 Å². The van der Waals surface area contributed by atoms with E-state index in [1.165, 1.54) is 24.7 Å². The van der Waals surface area contributed by atoms with Crippen LogP contribution in [-0.4, -0.2) is 62.6 Å². The standard InChI is InChI=1S/C25H34FN6O7P/c1-6-35-21-19-20(29-24(27)30-21)32(14-28-19)23-25(5,26)12-18(38-23)13-36-40(34,39-17-10-8-7-9-11-17)31-16(4)22(33)37-15(2)3/h7-11,14-16,18,23H,6,12-13H2,1-5H3,(H,31,34)(H2,27,29,30)/t16-,18+,23-,25-,40?/m1/s1. The first-order valence-electron chi connectivity index (χ1n) is 12.9. The van der Waals surface area contributed by atoms with Crippen molar-refractivity contribution in [2.45, 2.75) is 71.2 Å². The Morgan fingerprint density at radius 2 is 2.02 bits per heavy atom. The second-order valence-electron chi connectivity index (χ2n) is 9.77. The molecule has 5 atom stereocenters. The van der Waals surface area contributed by atoms with Crippen LogP contribution in [0.5, 0.6) is 11.6 Å². The van der Waals surface area contributed by atoms with Gasteiger partial charge in [0.15, 0.2) is 23.1 Å². The van der Waals surface area contributed by atoms with E-state index in [1.807, 2.05) is 0 Å². The van der Waals surface area contributed by atoms with Crippen molar-refractivity contribution in [1.29, 1.82) is 0 Å². The van der Waals surface area contributed by atoms with Gasteiger partial charge in [-0.15, -0.1) is 0 Å². The number of nitrogens with two attached hydrogens (primary N) is 1. The molecule has 40 heavy (non-hydrogen) atoms. The summed E-state index contributed by atoms with van der Waals surface area (Å²) in [6, 6.07) is 7.30. The SMILES string of the molecule is CCOc1nc(N)nc2c1ncn2[C@@H]1O[C@H](COP(=O)(N[C@H](C)C(=O)OC(C)C)Oc2ccccc2)C[C@@]1(C)F. The summed E-state index contributed by atoms with van der Waals surface area (Å²) < 4.78 is 59.1. The molecule has 0 amide bonds. The molecule has 3 aromatic rings. The summed E-state index contributed by atoms with van der Waals surface area (Å²) in [4.78, 5) is 24.9. The number of ether oxygens (including phenoxy) is 3. The molecule has 0 aliphatic carbocycles. The van der Waals surface area contributed by atoms with Gasteiger partial charge in [0.2, 0.25) is 11.8 Å². The number of esters is 1. The average Bonchev–Trinajstić information content (AvgIpc) is 3.42. The fourth-order valence-electron chi connectivity index (χ4n) is 4.20. The van der Waals surface area contributed by atoms with Crippen LogP contribution < -0.4 is 20.1 Å². The third kappa shape index (κ3) is 6.87. The number of nitrogens with one attached hydrogen (secondary N) is 1. The number of aromatic nitrogens is 4. The summed E-state index contributed by atoms with van der Waals surface area (Å²) >= 11 is 0. The fraction of sp³-hybridized carbons (Fsp3) is 0.520. The van der Waals surface area contributed by atoms with Crippen LogP contribution in [0.2, 0.25) is 0 Å². The zero-order valence-electron chi connectivity index (χ0n) is 22.9. The van der Waals surface area contributed by atoms with Gasteiger partial charge in [0.25, 0.3) is 0 Å². The van der Waals surface area contributed by atoms with E-state index in [0.717, 1.165) is 0 Å². The minimum absolute atomic E-state index is 0.0636. The summed E-state index contributed by atoms with van der Waals surface area (Å²) in [5.41, 5.74) is 4.50. The van der Waals surface area contributed by atoms with Crippen molar-refractivity contribution in [1.82, 2.24) is 24.6 Å². The number of rotatable bonds is 12. The molecular formula is C25H34FN6O7P. The second-order valence-corrected chi connectivity index (χ2v) is 11.5.